The second kappa shape index (κ2) is 6.06. The van der Waals surface area contributed by atoms with Crippen molar-refractivity contribution in [3.8, 4) is 12.1 Å². The lowest BCUT2D eigenvalue weighted by Gasteiger charge is -2.32. The summed E-state index contributed by atoms with van der Waals surface area (Å²) < 4.78 is 0. The number of nitriles is 2. The zero-order valence-electron chi connectivity index (χ0n) is 10.5. The Bertz CT molecular complexity index is 424. The first-order chi connectivity index (χ1) is 8.21. The SMILES string of the molecule is CC[C@H](C)[C@](C#N)(CCC#N)c1ccccc1. The molecular weight excluding hydrogens is 208 g/mol. The third-order valence-electron chi connectivity index (χ3n) is 3.57. The zero-order valence-corrected chi connectivity index (χ0v) is 10.5. The van der Waals surface area contributed by atoms with Crippen LogP contribution < -0.4 is 0 Å². The Morgan fingerprint density at radius 2 is 1.88 bits per heavy atom. The zero-order chi connectivity index (χ0) is 12.7. The summed E-state index contributed by atoms with van der Waals surface area (Å²) in [5.74, 6) is 0.253. The van der Waals surface area contributed by atoms with Crippen molar-refractivity contribution in [1.29, 1.82) is 10.5 Å². The minimum absolute atomic E-state index is 0.253. The number of hydrogen-bond acceptors (Lipinski definition) is 2. The van der Waals surface area contributed by atoms with Crippen molar-refractivity contribution in [2.75, 3.05) is 0 Å². The van der Waals surface area contributed by atoms with Crippen molar-refractivity contribution in [2.45, 2.75) is 38.5 Å². The van der Waals surface area contributed by atoms with Crippen molar-refractivity contribution < 1.29 is 0 Å². The normalized spacial score (nSPS) is 15.3. The number of hydrogen-bond donors (Lipinski definition) is 0. The van der Waals surface area contributed by atoms with E-state index in [9.17, 15) is 5.26 Å². The van der Waals surface area contributed by atoms with E-state index < -0.39 is 5.41 Å². The van der Waals surface area contributed by atoms with E-state index in [0.29, 0.717) is 12.8 Å². The summed E-state index contributed by atoms with van der Waals surface area (Å²) in [6.07, 6.45) is 1.97. The van der Waals surface area contributed by atoms with Crippen LogP contribution in [0.2, 0.25) is 0 Å². The molecule has 0 saturated heterocycles. The molecule has 0 fully saturated rings. The third kappa shape index (κ3) is 2.66. The van der Waals surface area contributed by atoms with Crippen molar-refractivity contribution in [3.05, 3.63) is 35.9 Å². The predicted molar refractivity (Wildman–Crippen MR) is 68.0 cm³/mol. The maximum Gasteiger partial charge on any atom is 0.0857 e. The van der Waals surface area contributed by atoms with E-state index in [4.69, 9.17) is 5.26 Å². The number of benzene rings is 1. The van der Waals surface area contributed by atoms with E-state index in [1.807, 2.05) is 30.3 Å². The van der Waals surface area contributed by atoms with Gasteiger partial charge in [-0.25, -0.2) is 0 Å². The van der Waals surface area contributed by atoms with Gasteiger partial charge in [-0.1, -0.05) is 50.6 Å². The summed E-state index contributed by atoms with van der Waals surface area (Å²) in [6.45, 7) is 4.18. The Morgan fingerprint density at radius 1 is 1.24 bits per heavy atom. The van der Waals surface area contributed by atoms with Gasteiger partial charge >= 0.3 is 0 Å². The van der Waals surface area contributed by atoms with Crippen molar-refractivity contribution in [3.63, 3.8) is 0 Å². The second-order valence-corrected chi connectivity index (χ2v) is 4.42. The van der Waals surface area contributed by atoms with Crippen LogP contribution in [0.1, 0.15) is 38.7 Å². The molecule has 1 aromatic rings. The molecule has 0 N–H and O–H groups in total. The predicted octanol–water partition coefficient (Wildman–Crippen LogP) is 3.80. The minimum Gasteiger partial charge on any atom is -0.198 e. The van der Waals surface area contributed by atoms with Crippen LogP contribution in [0.15, 0.2) is 30.3 Å². The fourth-order valence-corrected chi connectivity index (χ4v) is 2.24. The van der Waals surface area contributed by atoms with Gasteiger partial charge in [0.05, 0.1) is 17.6 Å². The molecule has 2 nitrogen and oxygen atoms in total. The lowest BCUT2D eigenvalue weighted by Crippen LogP contribution is -2.32. The molecular formula is C15H18N2. The monoisotopic (exact) mass is 226 g/mol. The Balaban J connectivity index is 3.18. The average Bonchev–Trinajstić information content (AvgIpc) is 2.41. The Labute approximate surface area is 104 Å². The highest BCUT2D eigenvalue weighted by Gasteiger charge is 2.36. The Morgan fingerprint density at radius 3 is 2.35 bits per heavy atom. The van der Waals surface area contributed by atoms with Gasteiger partial charge in [0.25, 0.3) is 0 Å². The van der Waals surface area contributed by atoms with Crippen molar-refractivity contribution >= 4 is 0 Å². The Kier molecular flexibility index (Phi) is 4.73. The molecule has 0 saturated carbocycles. The summed E-state index contributed by atoms with van der Waals surface area (Å²) >= 11 is 0. The maximum atomic E-state index is 9.60. The van der Waals surface area contributed by atoms with E-state index in [1.54, 1.807) is 0 Å². The van der Waals surface area contributed by atoms with E-state index in [0.717, 1.165) is 12.0 Å². The lowest BCUT2D eigenvalue weighted by molar-refractivity contribution is 0.337. The highest BCUT2D eigenvalue weighted by Crippen LogP contribution is 2.37. The van der Waals surface area contributed by atoms with Gasteiger partial charge in [0.15, 0.2) is 0 Å². The summed E-state index contributed by atoms with van der Waals surface area (Å²) in [5.41, 5.74) is 0.512. The molecule has 0 unspecified atom stereocenters. The van der Waals surface area contributed by atoms with Crippen molar-refractivity contribution in [2.24, 2.45) is 5.92 Å². The average molecular weight is 226 g/mol. The highest BCUT2D eigenvalue weighted by atomic mass is 14.4. The first-order valence-corrected chi connectivity index (χ1v) is 6.05. The van der Waals surface area contributed by atoms with Crippen LogP contribution >= 0.6 is 0 Å². The van der Waals surface area contributed by atoms with E-state index in [2.05, 4.69) is 26.0 Å². The molecule has 1 rings (SSSR count). The molecule has 17 heavy (non-hydrogen) atoms. The molecule has 1 aromatic carbocycles. The highest BCUT2D eigenvalue weighted by molar-refractivity contribution is 5.33. The topological polar surface area (TPSA) is 47.6 Å². The maximum absolute atomic E-state index is 9.60. The lowest BCUT2D eigenvalue weighted by atomic mass is 9.68. The van der Waals surface area contributed by atoms with Crippen LogP contribution in [0.3, 0.4) is 0 Å². The van der Waals surface area contributed by atoms with Gasteiger partial charge < -0.3 is 0 Å². The van der Waals surface area contributed by atoms with Crippen LogP contribution in [0.25, 0.3) is 0 Å². The van der Waals surface area contributed by atoms with Gasteiger partial charge in [-0.05, 0) is 17.9 Å². The first kappa shape index (κ1) is 13.3. The molecule has 0 amide bonds. The van der Waals surface area contributed by atoms with E-state index in [-0.39, 0.29) is 5.92 Å². The molecule has 0 aromatic heterocycles. The second-order valence-electron chi connectivity index (χ2n) is 4.42. The summed E-state index contributed by atoms with van der Waals surface area (Å²) in [7, 11) is 0. The fraction of sp³-hybridized carbons (Fsp3) is 0.467. The van der Waals surface area contributed by atoms with Crippen LogP contribution in [-0.2, 0) is 5.41 Å². The molecule has 88 valence electrons. The van der Waals surface area contributed by atoms with Gasteiger partial charge in [0, 0.05) is 6.42 Å². The summed E-state index contributed by atoms with van der Waals surface area (Å²) in [6, 6.07) is 14.5. The molecule has 0 heterocycles. The van der Waals surface area contributed by atoms with Gasteiger partial charge in [-0.3, -0.25) is 0 Å². The third-order valence-corrected chi connectivity index (χ3v) is 3.57. The van der Waals surface area contributed by atoms with Crippen LogP contribution in [0, 0.1) is 28.6 Å². The fourth-order valence-electron chi connectivity index (χ4n) is 2.24. The molecule has 0 aliphatic heterocycles. The molecule has 0 aliphatic rings. The number of rotatable bonds is 5. The van der Waals surface area contributed by atoms with Gasteiger partial charge in [0.1, 0.15) is 0 Å². The first-order valence-electron chi connectivity index (χ1n) is 6.05. The summed E-state index contributed by atoms with van der Waals surface area (Å²) in [4.78, 5) is 0. The Hall–Kier alpha value is -1.80. The van der Waals surface area contributed by atoms with Crippen LogP contribution in [0.4, 0.5) is 0 Å². The smallest absolute Gasteiger partial charge is 0.0857 e. The van der Waals surface area contributed by atoms with Gasteiger partial charge in [0.2, 0.25) is 0 Å². The van der Waals surface area contributed by atoms with Crippen molar-refractivity contribution in [1.82, 2.24) is 0 Å². The number of nitrogens with zero attached hydrogens (tertiary/aromatic N) is 2. The molecule has 0 aliphatic carbocycles. The largest absolute Gasteiger partial charge is 0.198 e. The van der Waals surface area contributed by atoms with Crippen LogP contribution in [0.5, 0.6) is 0 Å². The van der Waals surface area contributed by atoms with Crippen LogP contribution in [-0.4, -0.2) is 0 Å². The minimum atomic E-state index is -0.522. The van der Waals surface area contributed by atoms with Gasteiger partial charge in [-0.2, -0.15) is 10.5 Å². The van der Waals surface area contributed by atoms with Gasteiger partial charge in [-0.15, -0.1) is 0 Å². The molecule has 0 bridgehead atoms. The van der Waals surface area contributed by atoms with E-state index in [1.165, 1.54) is 0 Å². The molecule has 2 atom stereocenters. The molecule has 0 spiro atoms. The van der Waals surface area contributed by atoms with E-state index >= 15 is 0 Å². The molecule has 0 radical (unpaired) electrons. The summed E-state index contributed by atoms with van der Waals surface area (Å²) in [5, 5.41) is 18.4. The quantitative estimate of drug-likeness (QED) is 0.766. The molecule has 2 heteroatoms. The standard InChI is InChI=1S/C15H18N2/c1-3-13(2)15(12-17,10-7-11-16)14-8-5-4-6-9-14/h4-6,8-9,13H,3,7,10H2,1-2H3/t13-,15+/m0/s1.